The number of carbonyl (C=O) groups excluding carboxylic acids is 1. The van der Waals surface area contributed by atoms with Gasteiger partial charge in [-0.2, -0.15) is 17.4 Å². The average Bonchev–Trinajstić information content (AvgIpc) is 3.42. The average molecular weight is 474 g/mol. The highest BCUT2D eigenvalue weighted by atomic mass is 32.2. The molecule has 10 heteroatoms. The van der Waals surface area contributed by atoms with Crippen LogP contribution in [0.25, 0.3) is 0 Å². The van der Waals surface area contributed by atoms with Crippen molar-refractivity contribution in [1.29, 1.82) is 0 Å². The lowest BCUT2D eigenvalue weighted by Crippen LogP contribution is -2.57. The number of carboxylic acids is 1. The maximum Gasteiger partial charge on any atom is 0.410 e. The number of carboxylic acid groups (broad SMARTS) is 1. The number of piperazine rings is 1. The zero-order chi connectivity index (χ0) is 23.6. The van der Waals surface area contributed by atoms with Crippen molar-refractivity contribution in [3.63, 3.8) is 0 Å². The highest BCUT2D eigenvalue weighted by molar-refractivity contribution is 7.87. The minimum absolute atomic E-state index is 0.0514. The topological polar surface area (TPSA) is 116 Å². The number of nitrogens with one attached hydrogen (secondary N) is 1. The molecule has 0 spiro atoms. The molecule has 9 nitrogen and oxygen atoms in total. The van der Waals surface area contributed by atoms with Gasteiger partial charge < -0.3 is 14.7 Å². The Bertz CT molecular complexity index is 1100. The van der Waals surface area contributed by atoms with Crippen LogP contribution in [0.2, 0.25) is 0 Å². The Hall–Kier alpha value is -2.95. The van der Waals surface area contributed by atoms with Gasteiger partial charge in [0.05, 0.1) is 0 Å². The molecule has 2 fully saturated rings. The minimum atomic E-state index is -4.08. The Balaban J connectivity index is 1.37. The van der Waals surface area contributed by atoms with Crippen molar-refractivity contribution >= 4 is 22.3 Å². The molecular weight excluding hydrogens is 446 g/mol. The number of rotatable bonds is 7. The highest BCUT2D eigenvalue weighted by Gasteiger charge is 2.70. The van der Waals surface area contributed by atoms with Crippen LogP contribution in [0.4, 0.5) is 4.79 Å². The van der Waals surface area contributed by atoms with Crippen LogP contribution in [0.5, 0.6) is 0 Å². The first kappa shape index (κ1) is 23.2. The van der Waals surface area contributed by atoms with Gasteiger partial charge in [-0.1, -0.05) is 67.6 Å². The van der Waals surface area contributed by atoms with Crippen molar-refractivity contribution in [3.05, 3.63) is 71.8 Å². The summed E-state index contributed by atoms with van der Waals surface area (Å²) in [5, 5.41) is 9.92. The third kappa shape index (κ3) is 4.59. The fourth-order valence-electron chi connectivity index (χ4n) is 4.50. The lowest BCUT2D eigenvalue weighted by molar-refractivity contribution is -0.140. The maximum atomic E-state index is 13.1. The first-order valence-corrected chi connectivity index (χ1v) is 12.2. The SMILES string of the molecule is CC1[C@H](c2ccccc2)[C@]1(NS(=O)(=O)N1CCN(C(=O)OCc2ccccc2)CC1)C(=O)O. The molecule has 0 bridgehead atoms. The van der Waals surface area contributed by atoms with E-state index in [-0.39, 0.29) is 32.8 Å². The third-order valence-corrected chi connectivity index (χ3v) is 8.09. The lowest BCUT2D eigenvalue weighted by atomic mass is 10.1. The van der Waals surface area contributed by atoms with E-state index in [0.717, 1.165) is 11.1 Å². The van der Waals surface area contributed by atoms with Gasteiger partial charge in [0.15, 0.2) is 0 Å². The molecule has 176 valence electrons. The first-order valence-electron chi connectivity index (χ1n) is 10.8. The molecule has 1 aliphatic carbocycles. The Kier molecular flexibility index (Phi) is 6.42. The van der Waals surface area contributed by atoms with E-state index >= 15 is 0 Å². The molecule has 0 aromatic heterocycles. The number of nitrogens with zero attached hydrogens (tertiary/aromatic N) is 2. The summed E-state index contributed by atoms with van der Waals surface area (Å²) in [6, 6.07) is 18.3. The van der Waals surface area contributed by atoms with E-state index in [2.05, 4.69) is 4.72 Å². The summed E-state index contributed by atoms with van der Waals surface area (Å²) in [5.74, 6) is -2.06. The van der Waals surface area contributed by atoms with E-state index in [1.807, 2.05) is 36.4 Å². The normalized spacial score (nSPS) is 25.4. The second-order valence-corrected chi connectivity index (χ2v) is 10.1. The molecular formula is C23H27N3O6S. The largest absolute Gasteiger partial charge is 0.480 e. The van der Waals surface area contributed by atoms with Gasteiger partial charge in [-0.15, -0.1) is 0 Å². The van der Waals surface area contributed by atoms with E-state index in [4.69, 9.17) is 4.74 Å². The number of amides is 1. The second-order valence-electron chi connectivity index (χ2n) is 8.38. The number of hydrogen-bond donors (Lipinski definition) is 2. The van der Waals surface area contributed by atoms with Gasteiger partial charge >= 0.3 is 12.1 Å². The summed E-state index contributed by atoms with van der Waals surface area (Å²) in [7, 11) is -4.08. The molecule has 0 radical (unpaired) electrons. The molecule has 2 aliphatic rings. The predicted molar refractivity (Wildman–Crippen MR) is 121 cm³/mol. The van der Waals surface area contributed by atoms with Crippen molar-refractivity contribution < 1.29 is 27.9 Å². The molecule has 33 heavy (non-hydrogen) atoms. The molecule has 1 heterocycles. The number of hydrogen-bond acceptors (Lipinski definition) is 5. The molecule has 1 saturated heterocycles. The van der Waals surface area contributed by atoms with Crippen LogP contribution in [0.1, 0.15) is 24.0 Å². The Morgan fingerprint density at radius 2 is 1.61 bits per heavy atom. The van der Waals surface area contributed by atoms with Gasteiger partial charge in [-0.25, -0.2) is 4.79 Å². The van der Waals surface area contributed by atoms with Gasteiger partial charge in [0, 0.05) is 32.1 Å². The molecule has 2 aromatic carbocycles. The van der Waals surface area contributed by atoms with Crippen molar-refractivity contribution in [2.24, 2.45) is 5.92 Å². The van der Waals surface area contributed by atoms with Crippen molar-refractivity contribution in [2.75, 3.05) is 26.2 Å². The van der Waals surface area contributed by atoms with Crippen LogP contribution < -0.4 is 4.72 Å². The smallest absolute Gasteiger partial charge is 0.410 e. The van der Waals surface area contributed by atoms with Crippen LogP contribution in [-0.4, -0.2) is 66.5 Å². The van der Waals surface area contributed by atoms with Gasteiger partial charge in [-0.3, -0.25) is 4.79 Å². The van der Waals surface area contributed by atoms with Gasteiger partial charge in [-0.05, 0) is 17.0 Å². The number of ether oxygens (including phenoxy) is 1. The second kappa shape index (κ2) is 9.12. The Morgan fingerprint density at radius 1 is 1.03 bits per heavy atom. The molecule has 1 saturated carbocycles. The predicted octanol–water partition coefficient (Wildman–Crippen LogP) is 2.03. The van der Waals surface area contributed by atoms with Crippen LogP contribution in [0.3, 0.4) is 0 Å². The quantitative estimate of drug-likeness (QED) is 0.636. The maximum absolute atomic E-state index is 13.1. The van der Waals surface area contributed by atoms with Gasteiger partial charge in [0.1, 0.15) is 12.1 Å². The van der Waals surface area contributed by atoms with Crippen LogP contribution >= 0.6 is 0 Å². The summed E-state index contributed by atoms with van der Waals surface area (Å²) >= 11 is 0. The van der Waals surface area contributed by atoms with E-state index in [1.54, 1.807) is 31.2 Å². The fourth-order valence-corrected chi connectivity index (χ4v) is 6.10. The number of carbonyl (C=O) groups is 2. The highest BCUT2D eigenvalue weighted by Crippen LogP contribution is 2.57. The fraction of sp³-hybridized carbons (Fsp3) is 0.391. The number of benzene rings is 2. The van der Waals surface area contributed by atoms with Crippen molar-refractivity contribution in [2.45, 2.75) is 25.0 Å². The van der Waals surface area contributed by atoms with Crippen LogP contribution in [0, 0.1) is 5.92 Å². The van der Waals surface area contributed by atoms with Gasteiger partial charge in [0.25, 0.3) is 10.2 Å². The molecule has 3 atom stereocenters. The number of aliphatic carboxylic acids is 1. The Labute approximate surface area is 193 Å². The van der Waals surface area contributed by atoms with E-state index in [1.165, 1.54) is 9.21 Å². The lowest BCUT2D eigenvalue weighted by Gasteiger charge is -2.34. The molecule has 4 rings (SSSR count). The summed E-state index contributed by atoms with van der Waals surface area (Å²) in [6.07, 6.45) is -0.508. The minimum Gasteiger partial charge on any atom is -0.480 e. The summed E-state index contributed by atoms with van der Waals surface area (Å²) in [5.41, 5.74) is 0.0502. The molecule has 1 amide bonds. The first-order chi connectivity index (χ1) is 15.8. The molecule has 1 aliphatic heterocycles. The molecule has 2 N–H and O–H groups in total. The van der Waals surface area contributed by atoms with E-state index < -0.39 is 39.6 Å². The van der Waals surface area contributed by atoms with Crippen molar-refractivity contribution in [1.82, 2.24) is 13.9 Å². The van der Waals surface area contributed by atoms with Crippen LogP contribution in [-0.2, 0) is 26.3 Å². The van der Waals surface area contributed by atoms with E-state index in [9.17, 15) is 23.1 Å². The Morgan fingerprint density at radius 3 is 2.18 bits per heavy atom. The summed E-state index contributed by atoms with van der Waals surface area (Å²) in [6.45, 7) is 2.29. The standard InChI is InChI=1S/C23H27N3O6S/c1-17-20(19-10-6-3-7-11-19)23(17,21(27)28)24-33(30,31)26-14-12-25(13-15-26)22(29)32-16-18-8-4-2-5-9-18/h2-11,17,20,24H,12-16H2,1H3,(H,27,28)/t17?,20-,23+/m1/s1. The zero-order valence-corrected chi connectivity index (χ0v) is 19.1. The summed E-state index contributed by atoms with van der Waals surface area (Å²) < 4.78 is 35.1. The summed E-state index contributed by atoms with van der Waals surface area (Å²) in [4.78, 5) is 25.9. The van der Waals surface area contributed by atoms with Crippen molar-refractivity contribution in [3.8, 4) is 0 Å². The van der Waals surface area contributed by atoms with Crippen LogP contribution in [0.15, 0.2) is 60.7 Å². The monoisotopic (exact) mass is 473 g/mol. The molecule has 1 unspecified atom stereocenters. The third-order valence-electron chi connectivity index (χ3n) is 6.45. The molecule has 2 aromatic rings. The van der Waals surface area contributed by atoms with Gasteiger partial charge in [0.2, 0.25) is 0 Å². The van der Waals surface area contributed by atoms with E-state index in [0.29, 0.717) is 0 Å². The zero-order valence-electron chi connectivity index (χ0n) is 18.3.